The van der Waals surface area contributed by atoms with E-state index in [0.717, 1.165) is 6.92 Å². The molecule has 96 valence electrons. The van der Waals surface area contributed by atoms with Gasteiger partial charge in [0.1, 0.15) is 0 Å². The Balaban J connectivity index is -0.000000166. The summed E-state index contributed by atoms with van der Waals surface area (Å²) >= 11 is 0. The molecule has 0 saturated carbocycles. The van der Waals surface area contributed by atoms with Crippen molar-refractivity contribution in [3.63, 3.8) is 0 Å². The number of aliphatic carboxylic acids is 3. The third-order valence-corrected chi connectivity index (χ3v) is 0.885. The van der Waals surface area contributed by atoms with E-state index in [-0.39, 0.29) is 18.8 Å². The van der Waals surface area contributed by atoms with Gasteiger partial charge in [-0.1, -0.05) is 20.8 Å². The van der Waals surface area contributed by atoms with E-state index in [2.05, 4.69) is 0 Å². The monoisotopic (exact) mass is 236 g/mol. The second-order valence-electron chi connectivity index (χ2n) is 3.26. The molecule has 0 aromatic carbocycles. The molecule has 0 aromatic heterocycles. The average Bonchev–Trinajstić information content (AvgIpc) is 2.01. The summed E-state index contributed by atoms with van der Waals surface area (Å²) in [6.07, 6.45) is 0.500. The number of carboxylic acid groups (broad SMARTS) is 3. The minimum absolute atomic E-state index is 0.222. The maximum atomic E-state index is 9.81. The van der Waals surface area contributed by atoms with Crippen molar-refractivity contribution in [1.29, 1.82) is 0 Å². The minimum Gasteiger partial charge on any atom is -0.481 e. The molecule has 0 rings (SSSR count). The smallest absolute Gasteiger partial charge is 0.303 e. The number of rotatable bonds is 3. The van der Waals surface area contributed by atoms with Gasteiger partial charge in [0.2, 0.25) is 0 Å². The van der Waals surface area contributed by atoms with Gasteiger partial charge in [-0.05, 0) is 5.92 Å². The van der Waals surface area contributed by atoms with E-state index in [4.69, 9.17) is 20.1 Å². The van der Waals surface area contributed by atoms with Crippen molar-refractivity contribution in [2.45, 2.75) is 40.5 Å². The summed E-state index contributed by atoms with van der Waals surface area (Å²) in [6.45, 7) is 6.45. The Morgan fingerprint density at radius 3 is 1.25 bits per heavy atom. The second kappa shape index (κ2) is 13.4. The van der Waals surface area contributed by atoms with Crippen LogP contribution in [0, 0.1) is 5.92 Å². The van der Waals surface area contributed by atoms with E-state index in [0.29, 0.717) is 0 Å². The molecule has 0 radical (unpaired) electrons. The van der Waals surface area contributed by atoms with Crippen LogP contribution in [0.4, 0.5) is 0 Å². The molecule has 0 bridgehead atoms. The molecule has 16 heavy (non-hydrogen) atoms. The second-order valence-corrected chi connectivity index (χ2v) is 3.26. The largest absolute Gasteiger partial charge is 0.481 e. The quantitative estimate of drug-likeness (QED) is 0.687. The van der Waals surface area contributed by atoms with Gasteiger partial charge in [-0.2, -0.15) is 0 Å². The Labute approximate surface area is 94.9 Å². The van der Waals surface area contributed by atoms with Gasteiger partial charge >= 0.3 is 11.9 Å². The average molecular weight is 236 g/mol. The van der Waals surface area contributed by atoms with Gasteiger partial charge in [-0.3, -0.25) is 14.4 Å². The highest BCUT2D eigenvalue weighted by Crippen LogP contribution is 1.96. The normalized spacial score (nSPS) is 8.06. The van der Waals surface area contributed by atoms with Gasteiger partial charge in [-0.15, -0.1) is 0 Å². The number of hydrogen-bond donors (Lipinski definition) is 3. The van der Waals surface area contributed by atoms with E-state index in [1.165, 1.54) is 0 Å². The lowest BCUT2D eigenvalue weighted by molar-refractivity contribution is -0.138. The first kappa shape index (κ1) is 19.9. The van der Waals surface area contributed by atoms with E-state index in [1.54, 1.807) is 6.92 Å². The van der Waals surface area contributed by atoms with Crippen molar-refractivity contribution in [2.75, 3.05) is 0 Å². The summed E-state index contributed by atoms with van der Waals surface area (Å²) in [5, 5.41) is 23.2. The Hall–Kier alpha value is -1.59. The predicted molar refractivity (Wildman–Crippen MR) is 58.3 cm³/mol. The summed E-state index contributed by atoms with van der Waals surface area (Å²) in [5.41, 5.74) is 0. The minimum atomic E-state index is -0.833. The molecule has 0 amide bonds. The van der Waals surface area contributed by atoms with Gasteiger partial charge in [0.15, 0.2) is 0 Å². The fourth-order valence-corrected chi connectivity index (χ4v) is 0.349. The summed E-state index contributed by atoms with van der Waals surface area (Å²) in [6, 6.07) is 0. The van der Waals surface area contributed by atoms with Crippen molar-refractivity contribution in [1.82, 2.24) is 0 Å². The lowest BCUT2D eigenvalue weighted by atomic mass is 10.1. The third kappa shape index (κ3) is 83.1. The maximum absolute atomic E-state index is 9.81. The van der Waals surface area contributed by atoms with Crippen LogP contribution in [0.2, 0.25) is 0 Å². The molecule has 0 fully saturated rings. The van der Waals surface area contributed by atoms with Crippen molar-refractivity contribution in [3.05, 3.63) is 0 Å². The zero-order valence-corrected chi connectivity index (χ0v) is 10.1. The van der Waals surface area contributed by atoms with Gasteiger partial charge < -0.3 is 15.3 Å². The van der Waals surface area contributed by atoms with E-state index >= 15 is 0 Å². The Bertz CT molecular complexity index is 205. The van der Waals surface area contributed by atoms with E-state index < -0.39 is 17.9 Å². The SMILES string of the molecule is CC(=O)O.CC(C)CC(=O)O.CCC(=O)O. The predicted octanol–water partition coefficient (Wildman–Crippen LogP) is 1.69. The summed E-state index contributed by atoms with van der Waals surface area (Å²) in [4.78, 5) is 28.2. The molecule has 0 aliphatic heterocycles. The van der Waals surface area contributed by atoms with Crippen molar-refractivity contribution in [2.24, 2.45) is 5.92 Å². The fourth-order valence-electron chi connectivity index (χ4n) is 0.349. The van der Waals surface area contributed by atoms with Crippen LogP contribution in [0.25, 0.3) is 0 Å². The molecule has 0 atom stereocenters. The molecule has 0 aliphatic rings. The summed E-state index contributed by atoms with van der Waals surface area (Å²) in [7, 11) is 0. The number of carboxylic acids is 3. The lowest BCUT2D eigenvalue weighted by Crippen LogP contribution is -1.99. The standard InChI is InChI=1S/C5H10O2.C3H6O2.C2H4O2/c1-4(2)3-5(6)7;1-2-3(4)5;1-2(3)4/h4H,3H2,1-2H3,(H,6,7);2H2,1H3,(H,4,5);1H3,(H,3,4). The zero-order chi connectivity index (χ0) is 13.7. The maximum Gasteiger partial charge on any atom is 0.303 e. The molecular weight excluding hydrogens is 216 g/mol. The van der Waals surface area contributed by atoms with Crippen LogP contribution in [-0.4, -0.2) is 33.2 Å². The van der Waals surface area contributed by atoms with Crippen molar-refractivity contribution in [3.8, 4) is 0 Å². The van der Waals surface area contributed by atoms with Gasteiger partial charge in [0, 0.05) is 19.8 Å². The van der Waals surface area contributed by atoms with Crippen LogP contribution in [-0.2, 0) is 14.4 Å². The first-order valence-electron chi connectivity index (χ1n) is 4.76. The molecule has 0 aliphatic carbocycles. The Kier molecular flexibility index (Phi) is 16.7. The van der Waals surface area contributed by atoms with Crippen LogP contribution < -0.4 is 0 Å². The molecule has 0 aromatic rings. The molecule has 6 heteroatoms. The zero-order valence-electron chi connectivity index (χ0n) is 10.1. The summed E-state index contributed by atoms with van der Waals surface area (Å²) < 4.78 is 0. The Morgan fingerprint density at radius 2 is 1.25 bits per heavy atom. The molecule has 3 N–H and O–H groups in total. The topological polar surface area (TPSA) is 112 Å². The number of hydrogen-bond acceptors (Lipinski definition) is 3. The highest BCUT2D eigenvalue weighted by Gasteiger charge is 1.98. The first-order chi connectivity index (χ1) is 7.13. The summed E-state index contributed by atoms with van der Waals surface area (Å²) in [5.74, 6) is -2.02. The van der Waals surface area contributed by atoms with Crippen molar-refractivity contribution >= 4 is 17.9 Å². The molecule has 0 unspecified atom stereocenters. The van der Waals surface area contributed by atoms with E-state index in [1.807, 2.05) is 13.8 Å². The van der Waals surface area contributed by atoms with Gasteiger partial charge in [0.25, 0.3) is 5.97 Å². The lowest BCUT2D eigenvalue weighted by Gasteiger charge is -1.94. The third-order valence-electron chi connectivity index (χ3n) is 0.885. The fraction of sp³-hybridized carbons (Fsp3) is 0.700. The number of carbonyl (C=O) groups is 3. The molecule has 0 saturated heterocycles. The highest BCUT2D eigenvalue weighted by atomic mass is 16.4. The van der Waals surface area contributed by atoms with E-state index in [9.17, 15) is 9.59 Å². The van der Waals surface area contributed by atoms with Crippen LogP contribution in [0.15, 0.2) is 0 Å². The molecule has 0 spiro atoms. The van der Waals surface area contributed by atoms with Crippen LogP contribution >= 0.6 is 0 Å². The van der Waals surface area contributed by atoms with Gasteiger partial charge in [-0.25, -0.2) is 0 Å². The molecule has 6 nitrogen and oxygen atoms in total. The molecule has 0 heterocycles. The van der Waals surface area contributed by atoms with Crippen LogP contribution in [0.3, 0.4) is 0 Å². The highest BCUT2D eigenvalue weighted by molar-refractivity contribution is 5.66. The Morgan fingerprint density at radius 1 is 1.00 bits per heavy atom. The van der Waals surface area contributed by atoms with Crippen molar-refractivity contribution < 1.29 is 29.7 Å². The first-order valence-corrected chi connectivity index (χ1v) is 4.76. The molecular formula is C10H20O6. The van der Waals surface area contributed by atoms with Crippen LogP contribution in [0.1, 0.15) is 40.5 Å². The van der Waals surface area contributed by atoms with Gasteiger partial charge in [0.05, 0.1) is 0 Å². The van der Waals surface area contributed by atoms with Crippen LogP contribution in [0.5, 0.6) is 0 Å².